The third kappa shape index (κ3) is 6.25. The Morgan fingerprint density at radius 3 is 2.32 bits per heavy atom. The van der Waals surface area contributed by atoms with Gasteiger partial charge in [0.2, 0.25) is 15.9 Å². The SMILES string of the molecule is O=C(NCc1cccc(Oc2ccc(C(F)(F)F)cc2)c1)[C@@H]1C[C@@H](F)CN1S(=O)(=O)c1ccc(F)cc1. The van der Waals surface area contributed by atoms with Crippen LogP contribution in [-0.4, -0.2) is 37.4 Å². The molecule has 196 valence electrons. The molecule has 1 N–H and O–H groups in total. The van der Waals surface area contributed by atoms with Gasteiger partial charge in [-0.05, 0) is 66.2 Å². The van der Waals surface area contributed by atoms with Crippen molar-refractivity contribution < 1.29 is 39.9 Å². The Kier molecular flexibility index (Phi) is 7.51. The second-order valence-electron chi connectivity index (χ2n) is 8.37. The molecule has 0 aromatic heterocycles. The van der Waals surface area contributed by atoms with E-state index in [4.69, 9.17) is 4.74 Å². The summed E-state index contributed by atoms with van der Waals surface area (Å²) in [4.78, 5) is 12.6. The van der Waals surface area contributed by atoms with Crippen molar-refractivity contribution in [3.63, 3.8) is 0 Å². The zero-order valence-corrected chi connectivity index (χ0v) is 19.9. The van der Waals surface area contributed by atoms with Crippen LogP contribution in [0.25, 0.3) is 0 Å². The minimum Gasteiger partial charge on any atom is -0.457 e. The Labute approximate surface area is 209 Å². The molecule has 1 aliphatic heterocycles. The summed E-state index contributed by atoms with van der Waals surface area (Å²) in [6, 6.07) is 13.3. The minimum absolute atomic E-state index is 0.0407. The smallest absolute Gasteiger partial charge is 0.416 e. The molecule has 1 saturated heterocycles. The average Bonchev–Trinajstić information content (AvgIpc) is 3.25. The second kappa shape index (κ2) is 10.5. The van der Waals surface area contributed by atoms with E-state index in [9.17, 15) is 35.2 Å². The van der Waals surface area contributed by atoms with Crippen LogP contribution in [0.1, 0.15) is 17.5 Å². The molecule has 2 atom stereocenters. The van der Waals surface area contributed by atoms with Crippen LogP contribution < -0.4 is 10.1 Å². The van der Waals surface area contributed by atoms with Gasteiger partial charge in [-0.15, -0.1) is 0 Å². The summed E-state index contributed by atoms with van der Waals surface area (Å²) in [5.41, 5.74) is -0.255. The summed E-state index contributed by atoms with van der Waals surface area (Å²) >= 11 is 0. The number of rotatable bonds is 7. The molecule has 3 aromatic rings. The fourth-order valence-electron chi connectivity index (χ4n) is 3.88. The highest BCUT2D eigenvalue weighted by Gasteiger charge is 2.44. The third-order valence-electron chi connectivity index (χ3n) is 5.71. The molecule has 0 aliphatic carbocycles. The molecule has 1 amide bonds. The number of amides is 1. The first-order valence-electron chi connectivity index (χ1n) is 11.1. The number of hydrogen-bond acceptors (Lipinski definition) is 4. The number of sulfonamides is 1. The number of nitrogens with zero attached hydrogens (tertiary/aromatic N) is 1. The van der Waals surface area contributed by atoms with Gasteiger partial charge in [0.15, 0.2) is 0 Å². The van der Waals surface area contributed by atoms with Crippen LogP contribution in [0.5, 0.6) is 11.5 Å². The molecule has 0 bridgehead atoms. The number of benzene rings is 3. The lowest BCUT2D eigenvalue weighted by Gasteiger charge is -2.23. The number of alkyl halides is 4. The van der Waals surface area contributed by atoms with Gasteiger partial charge in [0.05, 0.1) is 10.5 Å². The van der Waals surface area contributed by atoms with E-state index in [1.54, 1.807) is 24.3 Å². The van der Waals surface area contributed by atoms with Gasteiger partial charge in [-0.1, -0.05) is 12.1 Å². The first-order valence-corrected chi connectivity index (χ1v) is 12.5. The summed E-state index contributed by atoms with van der Waals surface area (Å²) in [7, 11) is -4.24. The van der Waals surface area contributed by atoms with Crippen LogP contribution in [0.4, 0.5) is 22.0 Å². The van der Waals surface area contributed by atoms with Gasteiger partial charge >= 0.3 is 6.18 Å². The van der Waals surface area contributed by atoms with Gasteiger partial charge < -0.3 is 10.1 Å². The lowest BCUT2D eigenvalue weighted by atomic mass is 10.1. The molecule has 3 aromatic carbocycles. The molecule has 0 saturated carbocycles. The van der Waals surface area contributed by atoms with E-state index < -0.39 is 52.2 Å². The van der Waals surface area contributed by atoms with E-state index in [1.807, 2.05) is 0 Å². The summed E-state index contributed by atoms with van der Waals surface area (Å²) in [6.45, 7) is -0.546. The summed E-state index contributed by atoms with van der Waals surface area (Å²) in [6.07, 6.45) is -6.35. The van der Waals surface area contributed by atoms with Crippen LogP contribution in [-0.2, 0) is 27.5 Å². The summed E-state index contributed by atoms with van der Waals surface area (Å²) in [5.74, 6) is -0.866. The average molecular weight is 541 g/mol. The number of carbonyl (C=O) groups excluding carboxylic acids is 1. The van der Waals surface area contributed by atoms with Crippen molar-refractivity contribution in [1.29, 1.82) is 0 Å². The molecular formula is C25H21F5N2O4S. The summed E-state index contributed by atoms with van der Waals surface area (Å²) in [5, 5.41) is 2.59. The van der Waals surface area contributed by atoms with Crippen molar-refractivity contribution in [1.82, 2.24) is 9.62 Å². The molecular weight excluding hydrogens is 519 g/mol. The molecule has 6 nitrogen and oxygen atoms in total. The van der Waals surface area contributed by atoms with E-state index in [2.05, 4.69) is 5.32 Å². The van der Waals surface area contributed by atoms with Crippen molar-refractivity contribution in [3.05, 3.63) is 89.7 Å². The zero-order valence-electron chi connectivity index (χ0n) is 19.1. The van der Waals surface area contributed by atoms with Gasteiger partial charge in [-0.2, -0.15) is 17.5 Å². The molecule has 1 aliphatic rings. The standard InChI is InChI=1S/C25H21F5N2O4S/c26-18-6-10-22(11-7-18)37(34,35)32-15-19(27)13-23(32)24(33)31-14-16-2-1-3-21(12-16)36-20-8-4-17(5-9-20)25(28,29)30/h1-12,19,23H,13-15H2,(H,31,33)/t19-,23+/m1/s1. The predicted molar refractivity (Wildman–Crippen MR) is 123 cm³/mol. The van der Waals surface area contributed by atoms with Crippen molar-refractivity contribution in [2.24, 2.45) is 0 Å². The van der Waals surface area contributed by atoms with Gasteiger partial charge in [0.1, 0.15) is 29.5 Å². The van der Waals surface area contributed by atoms with Gasteiger partial charge in [-0.25, -0.2) is 17.2 Å². The van der Waals surface area contributed by atoms with Crippen LogP contribution in [0, 0.1) is 5.82 Å². The maximum absolute atomic E-state index is 14.2. The predicted octanol–water partition coefficient (Wildman–Crippen LogP) is 5.05. The highest BCUT2D eigenvalue weighted by molar-refractivity contribution is 7.89. The number of carbonyl (C=O) groups is 1. The molecule has 12 heteroatoms. The number of hydrogen-bond donors (Lipinski definition) is 1. The van der Waals surface area contributed by atoms with E-state index in [0.717, 1.165) is 40.7 Å². The minimum atomic E-state index is -4.47. The zero-order chi connectivity index (χ0) is 26.8. The number of ether oxygens (including phenoxy) is 1. The van der Waals surface area contributed by atoms with Gasteiger partial charge in [0, 0.05) is 19.5 Å². The molecule has 0 spiro atoms. The Bertz CT molecular complexity index is 1360. The maximum atomic E-state index is 14.2. The molecule has 0 unspecified atom stereocenters. The normalized spacial score (nSPS) is 18.5. The maximum Gasteiger partial charge on any atom is 0.416 e. The van der Waals surface area contributed by atoms with Crippen molar-refractivity contribution >= 4 is 15.9 Å². The topological polar surface area (TPSA) is 75.7 Å². The van der Waals surface area contributed by atoms with E-state index in [-0.39, 0.29) is 23.6 Å². The van der Waals surface area contributed by atoms with E-state index in [1.165, 1.54) is 12.1 Å². The fraction of sp³-hybridized carbons (Fsp3) is 0.240. The summed E-state index contributed by atoms with van der Waals surface area (Å²) < 4.78 is 97.8. The largest absolute Gasteiger partial charge is 0.457 e. The quantitative estimate of drug-likeness (QED) is 0.426. The van der Waals surface area contributed by atoms with Crippen molar-refractivity contribution in [2.75, 3.05) is 6.54 Å². The molecule has 1 fully saturated rings. The Morgan fingerprint density at radius 1 is 1.00 bits per heavy atom. The number of nitrogens with one attached hydrogen (secondary N) is 1. The fourth-order valence-corrected chi connectivity index (χ4v) is 5.50. The number of halogens is 5. The highest BCUT2D eigenvalue weighted by Crippen LogP contribution is 2.32. The van der Waals surface area contributed by atoms with Crippen molar-refractivity contribution in [3.8, 4) is 11.5 Å². The lowest BCUT2D eigenvalue weighted by Crippen LogP contribution is -2.45. The molecule has 4 rings (SSSR count). The Morgan fingerprint density at radius 2 is 1.68 bits per heavy atom. The molecule has 37 heavy (non-hydrogen) atoms. The Balaban J connectivity index is 1.42. The first kappa shape index (κ1) is 26.6. The van der Waals surface area contributed by atoms with Gasteiger partial charge in [-0.3, -0.25) is 4.79 Å². The third-order valence-corrected chi connectivity index (χ3v) is 7.60. The van der Waals surface area contributed by atoms with Crippen molar-refractivity contribution in [2.45, 2.75) is 36.3 Å². The molecule has 0 radical (unpaired) electrons. The van der Waals surface area contributed by atoms with Crippen LogP contribution in [0.15, 0.2) is 77.7 Å². The van der Waals surface area contributed by atoms with Crippen LogP contribution in [0.3, 0.4) is 0 Å². The monoisotopic (exact) mass is 540 g/mol. The first-order chi connectivity index (χ1) is 17.4. The molecule has 1 heterocycles. The van der Waals surface area contributed by atoms with Gasteiger partial charge in [0.25, 0.3) is 0 Å². The second-order valence-corrected chi connectivity index (χ2v) is 10.3. The van der Waals surface area contributed by atoms with E-state index in [0.29, 0.717) is 11.3 Å². The van der Waals surface area contributed by atoms with Crippen LogP contribution in [0.2, 0.25) is 0 Å². The lowest BCUT2D eigenvalue weighted by molar-refractivity contribution is -0.137. The highest BCUT2D eigenvalue weighted by atomic mass is 32.2. The van der Waals surface area contributed by atoms with Crippen LogP contribution >= 0.6 is 0 Å². The van der Waals surface area contributed by atoms with E-state index >= 15 is 0 Å². The Hall–Kier alpha value is -3.51.